The minimum atomic E-state index is -0.323. The van der Waals surface area contributed by atoms with Gasteiger partial charge in [0.1, 0.15) is 0 Å². The quantitative estimate of drug-likeness (QED) is 0.657. The maximum absolute atomic E-state index is 12.2. The number of carbonyl (C=O) groups excluding carboxylic acids is 2. The Labute approximate surface area is 163 Å². The van der Waals surface area contributed by atoms with Gasteiger partial charge in [-0.1, -0.05) is 49.2 Å². The van der Waals surface area contributed by atoms with Gasteiger partial charge in [0.25, 0.3) is 0 Å². The maximum atomic E-state index is 12.2. The lowest BCUT2D eigenvalue weighted by atomic mass is 10.1. The van der Waals surface area contributed by atoms with E-state index >= 15 is 0 Å². The largest absolute Gasteiger partial charge is 0.326 e. The summed E-state index contributed by atoms with van der Waals surface area (Å²) >= 11 is 12.2. The molecule has 136 valence electrons. The molecule has 2 N–H and O–H groups in total. The lowest BCUT2D eigenvalue weighted by Crippen LogP contribution is -2.18. The normalized spacial score (nSPS) is 11.0. The molecule has 0 radical (unpaired) electrons. The Morgan fingerprint density at radius 2 is 1.69 bits per heavy atom. The van der Waals surface area contributed by atoms with E-state index in [1.54, 1.807) is 36.4 Å². The summed E-state index contributed by atoms with van der Waals surface area (Å²) in [5, 5.41) is 6.55. The van der Waals surface area contributed by atoms with E-state index in [9.17, 15) is 9.59 Å². The zero-order valence-corrected chi connectivity index (χ0v) is 16.3. The Hall–Kier alpha value is -2.30. The molecule has 26 heavy (non-hydrogen) atoms. The van der Waals surface area contributed by atoms with E-state index in [-0.39, 0.29) is 17.7 Å². The van der Waals surface area contributed by atoms with Crippen molar-refractivity contribution in [3.8, 4) is 0 Å². The van der Waals surface area contributed by atoms with Gasteiger partial charge in [-0.15, -0.1) is 0 Å². The number of carbonyl (C=O) groups is 2. The molecule has 0 heterocycles. The average molecular weight is 391 g/mol. The first-order chi connectivity index (χ1) is 12.3. The molecule has 0 aliphatic rings. The third kappa shape index (κ3) is 5.35. The molecular formula is C20H20Cl2N2O2. The molecule has 2 amide bonds. The molecule has 0 saturated carbocycles. The topological polar surface area (TPSA) is 58.2 Å². The highest BCUT2D eigenvalue weighted by Crippen LogP contribution is 2.26. The second-order valence-electron chi connectivity index (χ2n) is 6.13. The van der Waals surface area contributed by atoms with Crippen LogP contribution >= 0.6 is 23.2 Å². The van der Waals surface area contributed by atoms with Crippen molar-refractivity contribution < 1.29 is 9.59 Å². The number of aryl methyl sites for hydroxylation is 1. The number of amides is 2. The van der Waals surface area contributed by atoms with E-state index in [0.29, 0.717) is 27.0 Å². The van der Waals surface area contributed by atoms with Crippen LogP contribution in [0.3, 0.4) is 0 Å². The van der Waals surface area contributed by atoms with Crippen LogP contribution in [0.25, 0.3) is 6.08 Å². The number of halogens is 2. The number of rotatable bonds is 5. The smallest absolute Gasteiger partial charge is 0.248 e. The average Bonchev–Trinajstić information content (AvgIpc) is 2.57. The molecule has 0 unspecified atom stereocenters. The minimum Gasteiger partial charge on any atom is -0.326 e. The van der Waals surface area contributed by atoms with Crippen LogP contribution in [0.2, 0.25) is 10.0 Å². The van der Waals surface area contributed by atoms with Crippen molar-refractivity contribution in [3.63, 3.8) is 0 Å². The molecule has 0 bridgehead atoms. The monoisotopic (exact) mass is 390 g/mol. The summed E-state index contributed by atoms with van der Waals surface area (Å²) in [6.07, 6.45) is 2.94. The summed E-state index contributed by atoms with van der Waals surface area (Å²) in [4.78, 5) is 24.1. The lowest BCUT2D eigenvalue weighted by Gasteiger charge is -2.12. The third-order valence-electron chi connectivity index (χ3n) is 3.69. The fourth-order valence-corrected chi connectivity index (χ4v) is 2.65. The van der Waals surface area contributed by atoms with E-state index in [2.05, 4.69) is 10.6 Å². The molecule has 2 rings (SSSR count). The van der Waals surface area contributed by atoms with E-state index < -0.39 is 0 Å². The predicted octanol–water partition coefficient (Wildman–Crippen LogP) is 5.55. The first-order valence-electron chi connectivity index (χ1n) is 8.12. The minimum absolute atomic E-state index is 0.0839. The molecule has 0 aliphatic heterocycles. The Kier molecular flexibility index (Phi) is 6.83. The standard InChI is InChI=1S/C20H20Cl2N2O2/c1-12(2)20(26)23-14-8-7-13(3)18(11-14)24-19(25)10-9-15-16(21)5-4-6-17(15)22/h4-12H,1-3H3,(H,23,26)(H,24,25)/b10-9+. The Morgan fingerprint density at radius 3 is 2.31 bits per heavy atom. The van der Waals surface area contributed by atoms with Gasteiger partial charge < -0.3 is 10.6 Å². The molecule has 2 aromatic carbocycles. The van der Waals surface area contributed by atoms with Gasteiger partial charge >= 0.3 is 0 Å². The highest BCUT2D eigenvalue weighted by Gasteiger charge is 2.09. The first-order valence-corrected chi connectivity index (χ1v) is 8.88. The van der Waals surface area contributed by atoms with Gasteiger partial charge in [0.2, 0.25) is 11.8 Å². The molecule has 0 spiro atoms. The number of benzene rings is 2. The first kappa shape index (κ1) is 20.0. The molecule has 4 nitrogen and oxygen atoms in total. The van der Waals surface area contributed by atoms with Crippen molar-refractivity contribution in [2.75, 3.05) is 10.6 Å². The van der Waals surface area contributed by atoms with Gasteiger partial charge in [0.05, 0.1) is 0 Å². The zero-order valence-electron chi connectivity index (χ0n) is 14.8. The van der Waals surface area contributed by atoms with E-state index in [1.165, 1.54) is 6.08 Å². The fraction of sp³-hybridized carbons (Fsp3) is 0.200. The maximum Gasteiger partial charge on any atom is 0.248 e. The third-order valence-corrected chi connectivity index (χ3v) is 4.35. The summed E-state index contributed by atoms with van der Waals surface area (Å²) in [6.45, 7) is 5.51. The van der Waals surface area contributed by atoms with Gasteiger partial charge in [-0.3, -0.25) is 9.59 Å². The molecule has 0 aliphatic carbocycles. The SMILES string of the molecule is Cc1ccc(NC(=O)C(C)C)cc1NC(=O)/C=C/c1c(Cl)cccc1Cl. The number of hydrogen-bond donors (Lipinski definition) is 2. The molecule has 0 atom stereocenters. The van der Waals surface area contributed by atoms with Crippen molar-refractivity contribution in [1.29, 1.82) is 0 Å². The zero-order chi connectivity index (χ0) is 19.3. The Balaban J connectivity index is 2.13. The summed E-state index contributed by atoms with van der Waals surface area (Å²) in [7, 11) is 0. The Morgan fingerprint density at radius 1 is 1.04 bits per heavy atom. The second kappa shape index (κ2) is 8.88. The van der Waals surface area contributed by atoms with Crippen molar-refractivity contribution in [1.82, 2.24) is 0 Å². The van der Waals surface area contributed by atoms with Gasteiger partial charge in [-0.2, -0.15) is 0 Å². The highest BCUT2D eigenvalue weighted by atomic mass is 35.5. The predicted molar refractivity (Wildman–Crippen MR) is 109 cm³/mol. The molecular weight excluding hydrogens is 371 g/mol. The second-order valence-corrected chi connectivity index (χ2v) is 6.95. The van der Waals surface area contributed by atoms with Crippen LogP contribution in [0.4, 0.5) is 11.4 Å². The van der Waals surface area contributed by atoms with Gasteiger partial charge in [-0.05, 0) is 42.8 Å². The number of nitrogens with one attached hydrogen (secondary N) is 2. The Bertz CT molecular complexity index is 841. The van der Waals surface area contributed by atoms with Gasteiger partial charge in [0.15, 0.2) is 0 Å². The van der Waals surface area contributed by atoms with Crippen molar-refractivity contribution in [3.05, 3.63) is 63.6 Å². The van der Waals surface area contributed by atoms with Crippen LogP contribution in [0.5, 0.6) is 0 Å². The summed E-state index contributed by atoms with van der Waals surface area (Å²) in [6, 6.07) is 10.5. The van der Waals surface area contributed by atoms with E-state index in [0.717, 1.165) is 5.56 Å². The fourth-order valence-electron chi connectivity index (χ4n) is 2.12. The van der Waals surface area contributed by atoms with Crippen LogP contribution in [0, 0.1) is 12.8 Å². The molecule has 0 aromatic heterocycles. The highest BCUT2D eigenvalue weighted by molar-refractivity contribution is 6.37. The molecule has 0 fully saturated rings. The van der Waals surface area contributed by atoms with E-state index in [4.69, 9.17) is 23.2 Å². The lowest BCUT2D eigenvalue weighted by molar-refractivity contribution is -0.119. The molecule has 6 heteroatoms. The van der Waals surface area contributed by atoms with E-state index in [1.807, 2.05) is 26.8 Å². The van der Waals surface area contributed by atoms with Crippen LogP contribution in [0.15, 0.2) is 42.5 Å². The van der Waals surface area contributed by atoms with Crippen molar-refractivity contribution >= 4 is 52.5 Å². The van der Waals surface area contributed by atoms with Crippen molar-refractivity contribution in [2.24, 2.45) is 5.92 Å². The van der Waals surface area contributed by atoms with Crippen LogP contribution < -0.4 is 10.6 Å². The summed E-state index contributed by atoms with van der Waals surface area (Å²) < 4.78 is 0. The van der Waals surface area contributed by atoms with Gasteiger partial charge in [0, 0.05) is 39.0 Å². The number of hydrogen-bond acceptors (Lipinski definition) is 2. The molecule has 0 saturated heterocycles. The van der Waals surface area contributed by atoms with Crippen LogP contribution in [-0.4, -0.2) is 11.8 Å². The van der Waals surface area contributed by atoms with Crippen LogP contribution in [0.1, 0.15) is 25.0 Å². The van der Waals surface area contributed by atoms with Gasteiger partial charge in [-0.25, -0.2) is 0 Å². The van der Waals surface area contributed by atoms with Crippen LogP contribution in [-0.2, 0) is 9.59 Å². The summed E-state index contributed by atoms with van der Waals surface area (Å²) in [5.74, 6) is -0.534. The number of anilines is 2. The van der Waals surface area contributed by atoms with Crippen molar-refractivity contribution in [2.45, 2.75) is 20.8 Å². The summed E-state index contributed by atoms with van der Waals surface area (Å²) in [5.41, 5.74) is 2.71. The molecule has 2 aromatic rings.